The Morgan fingerprint density at radius 3 is 2.80 bits per heavy atom. The van der Waals surface area contributed by atoms with Gasteiger partial charge in [-0.2, -0.15) is 0 Å². The Kier molecular flexibility index (Phi) is 2.41. The molecular weight excluding hydrogens is 192 g/mol. The third kappa shape index (κ3) is 1.70. The zero-order valence-electron chi connectivity index (χ0n) is 8.41. The second-order valence-electron chi connectivity index (χ2n) is 3.52. The number of Topliss-reactive ketones (excluding diaryl/α,β-unsaturated/α-hetero) is 1. The van der Waals surface area contributed by atoms with Crippen LogP contribution in [0, 0.1) is 5.92 Å². The highest BCUT2D eigenvalue weighted by Crippen LogP contribution is 2.18. The van der Waals surface area contributed by atoms with Crippen molar-refractivity contribution in [3.63, 3.8) is 0 Å². The molecule has 1 aromatic rings. The summed E-state index contributed by atoms with van der Waals surface area (Å²) in [5.74, 6) is -0.972. The summed E-state index contributed by atoms with van der Waals surface area (Å²) < 4.78 is 0. The van der Waals surface area contributed by atoms with E-state index in [1.807, 2.05) is 6.92 Å². The van der Waals surface area contributed by atoms with E-state index < -0.39 is 5.92 Å². The maximum atomic E-state index is 11.9. The Balaban J connectivity index is 2.44. The van der Waals surface area contributed by atoms with Gasteiger partial charge in [-0.05, 0) is 18.6 Å². The predicted octanol–water partition coefficient (Wildman–Crippen LogP) is 1.35. The summed E-state index contributed by atoms with van der Waals surface area (Å²) in [6, 6.07) is 7.06. The molecule has 4 nitrogen and oxygen atoms in total. The highest BCUT2D eigenvalue weighted by Gasteiger charge is 2.27. The lowest BCUT2D eigenvalue weighted by Crippen LogP contribution is -2.39. The number of ketones is 1. The van der Waals surface area contributed by atoms with Crippen molar-refractivity contribution in [3.05, 3.63) is 29.8 Å². The number of fused-ring (bicyclic) bond motifs is 2. The van der Waals surface area contributed by atoms with Crippen LogP contribution >= 0.6 is 0 Å². The minimum atomic E-state index is -0.590. The first-order valence-corrected chi connectivity index (χ1v) is 4.92. The van der Waals surface area contributed by atoms with Gasteiger partial charge in [0.05, 0.1) is 5.69 Å². The minimum Gasteiger partial charge on any atom is -0.299 e. The molecule has 1 amide bonds. The van der Waals surface area contributed by atoms with Gasteiger partial charge in [0.25, 0.3) is 0 Å². The standard InChI is InChI=1S/C11H12N2O2/c1-2-9-10(14)7-4-3-5-8(6-7)12-13-11(9)15/h3-6,9,12H,2H2,1H3,(H,13,15). The van der Waals surface area contributed by atoms with E-state index >= 15 is 0 Å². The molecule has 1 atom stereocenters. The van der Waals surface area contributed by atoms with E-state index in [0.717, 1.165) is 5.69 Å². The molecule has 1 heterocycles. The molecule has 1 aliphatic rings. The van der Waals surface area contributed by atoms with Crippen LogP contribution in [-0.4, -0.2) is 11.7 Å². The maximum absolute atomic E-state index is 11.9. The summed E-state index contributed by atoms with van der Waals surface area (Å²) in [5, 5.41) is 0. The van der Waals surface area contributed by atoms with Crippen LogP contribution in [-0.2, 0) is 4.79 Å². The smallest absolute Gasteiger partial charge is 0.249 e. The summed E-state index contributed by atoms with van der Waals surface area (Å²) >= 11 is 0. The highest BCUT2D eigenvalue weighted by atomic mass is 16.2. The third-order valence-corrected chi connectivity index (χ3v) is 2.52. The van der Waals surface area contributed by atoms with Gasteiger partial charge in [0.15, 0.2) is 5.78 Å². The molecule has 2 N–H and O–H groups in total. The van der Waals surface area contributed by atoms with E-state index in [9.17, 15) is 9.59 Å². The summed E-state index contributed by atoms with van der Waals surface area (Å²) in [7, 11) is 0. The minimum absolute atomic E-state index is 0.113. The van der Waals surface area contributed by atoms with Crippen LogP contribution in [0.15, 0.2) is 24.3 Å². The van der Waals surface area contributed by atoms with Gasteiger partial charge < -0.3 is 0 Å². The predicted molar refractivity (Wildman–Crippen MR) is 56.3 cm³/mol. The first-order chi connectivity index (χ1) is 7.22. The molecule has 0 aromatic heterocycles. The molecule has 0 radical (unpaired) electrons. The van der Waals surface area contributed by atoms with E-state index in [1.165, 1.54) is 0 Å². The number of nitrogens with one attached hydrogen (secondary N) is 2. The van der Waals surface area contributed by atoms with E-state index in [2.05, 4.69) is 10.9 Å². The number of hydrogen-bond donors (Lipinski definition) is 2. The average Bonchev–Trinajstić information content (AvgIpc) is 2.26. The fourth-order valence-electron chi connectivity index (χ4n) is 1.66. The van der Waals surface area contributed by atoms with Crippen molar-refractivity contribution in [1.29, 1.82) is 0 Å². The topological polar surface area (TPSA) is 58.2 Å². The second-order valence-corrected chi connectivity index (χ2v) is 3.52. The van der Waals surface area contributed by atoms with Gasteiger partial charge >= 0.3 is 0 Å². The molecule has 0 aliphatic carbocycles. The quantitative estimate of drug-likeness (QED) is 0.679. The van der Waals surface area contributed by atoms with Crippen LogP contribution in [0.25, 0.3) is 0 Å². The van der Waals surface area contributed by atoms with Crippen LogP contribution in [0.5, 0.6) is 0 Å². The Morgan fingerprint density at radius 2 is 2.07 bits per heavy atom. The molecule has 0 fully saturated rings. The Labute approximate surface area is 87.6 Å². The SMILES string of the molecule is CCC1C(=O)NNc2cccc(c2)C1=O. The van der Waals surface area contributed by atoms with Crippen LogP contribution in [0.3, 0.4) is 0 Å². The molecule has 4 heteroatoms. The number of hydrazine groups is 1. The molecule has 0 saturated carbocycles. The molecule has 0 spiro atoms. The zero-order chi connectivity index (χ0) is 10.8. The van der Waals surface area contributed by atoms with Crippen LogP contribution in [0.1, 0.15) is 23.7 Å². The molecule has 78 valence electrons. The Hall–Kier alpha value is -1.84. The van der Waals surface area contributed by atoms with Crippen LogP contribution in [0.4, 0.5) is 5.69 Å². The number of carbonyl (C=O) groups is 2. The summed E-state index contributed by atoms with van der Waals surface area (Å²) in [6.07, 6.45) is 0.510. The normalized spacial score (nSPS) is 19.9. The number of rotatable bonds is 1. The van der Waals surface area contributed by atoms with E-state index in [-0.39, 0.29) is 11.7 Å². The van der Waals surface area contributed by atoms with E-state index in [1.54, 1.807) is 24.3 Å². The lowest BCUT2D eigenvalue weighted by molar-refractivity contribution is -0.123. The molecule has 2 bridgehead atoms. The summed E-state index contributed by atoms with van der Waals surface area (Å²) in [4.78, 5) is 23.5. The molecule has 1 unspecified atom stereocenters. The van der Waals surface area contributed by atoms with Crippen molar-refractivity contribution < 1.29 is 9.59 Å². The third-order valence-electron chi connectivity index (χ3n) is 2.52. The van der Waals surface area contributed by atoms with Crippen LogP contribution < -0.4 is 10.9 Å². The van der Waals surface area contributed by atoms with Gasteiger partial charge in [-0.15, -0.1) is 0 Å². The molecular formula is C11H12N2O2. The Bertz CT molecular complexity index is 415. The lowest BCUT2D eigenvalue weighted by Gasteiger charge is -2.19. The van der Waals surface area contributed by atoms with Gasteiger partial charge in [-0.3, -0.25) is 20.4 Å². The first-order valence-electron chi connectivity index (χ1n) is 4.92. The molecule has 1 aliphatic heterocycles. The molecule has 0 saturated heterocycles. The number of benzene rings is 1. The van der Waals surface area contributed by atoms with Gasteiger partial charge in [0.2, 0.25) is 5.91 Å². The number of amides is 1. The van der Waals surface area contributed by atoms with E-state index in [4.69, 9.17) is 0 Å². The van der Waals surface area contributed by atoms with Crippen molar-refractivity contribution >= 4 is 17.4 Å². The van der Waals surface area contributed by atoms with Crippen molar-refractivity contribution in [3.8, 4) is 0 Å². The molecule has 2 rings (SSSR count). The average molecular weight is 204 g/mol. The van der Waals surface area contributed by atoms with Crippen LogP contribution in [0.2, 0.25) is 0 Å². The monoisotopic (exact) mass is 204 g/mol. The summed E-state index contributed by atoms with van der Waals surface area (Å²) in [5.41, 5.74) is 6.59. The maximum Gasteiger partial charge on any atom is 0.249 e. The fraction of sp³-hybridized carbons (Fsp3) is 0.273. The van der Waals surface area contributed by atoms with Gasteiger partial charge in [0.1, 0.15) is 5.92 Å². The number of anilines is 1. The van der Waals surface area contributed by atoms with Crippen molar-refractivity contribution in [2.75, 3.05) is 5.43 Å². The fourth-order valence-corrected chi connectivity index (χ4v) is 1.66. The number of carbonyl (C=O) groups excluding carboxylic acids is 2. The highest BCUT2D eigenvalue weighted by molar-refractivity contribution is 6.11. The number of hydrogen-bond acceptors (Lipinski definition) is 3. The lowest BCUT2D eigenvalue weighted by atomic mass is 9.94. The Morgan fingerprint density at radius 1 is 1.27 bits per heavy atom. The van der Waals surface area contributed by atoms with Gasteiger partial charge in [0, 0.05) is 5.56 Å². The zero-order valence-corrected chi connectivity index (χ0v) is 8.41. The van der Waals surface area contributed by atoms with Crippen molar-refractivity contribution in [2.24, 2.45) is 5.92 Å². The van der Waals surface area contributed by atoms with E-state index in [0.29, 0.717) is 12.0 Å². The van der Waals surface area contributed by atoms with Gasteiger partial charge in [-0.1, -0.05) is 19.1 Å². The molecule has 1 aromatic carbocycles. The summed E-state index contributed by atoms with van der Waals surface area (Å²) in [6.45, 7) is 1.83. The first kappa shape index (κ1) is 9.71. The van der Waals surface area contributed by atoms with Crippen molar-refractivity contribution in [1.82, 2.24) is 5.43 Å². The van der Waals surface area contributed by atoms with Gasteiger partial charge in [-0.25, -0.2) is 0 Å². The molecule has 15 heavy (non-hydrogen) atoms. The van der Waals surface area contributed by atoms with Crippen molar-refractivity contribution in [2.45, 2.75) is 13.3 Å². The largest absolute Gasteiger partial charge is 0.299 e. The second kappa shape index (κ2) is 3.73.